The summed E-state index contributed by atoms with van der Waals surface area (Å²) >= 11 is 0. The number of benzene rings is 1. The lowest BCUT2D eigenvalue weighted by atomic mass is 9.78. The van der Waals surface area contributed by atoms with E-state index >= 15 is 0 Å². The maximum absolute atomic E-state index is 12.7. The predicted molar refractivity (Wildman–Crippen MR) is 104 cm³/mol. The molecule has 1 atom stereocenters. The number of nitrogens with one attached hydrogen (secondary N) is 1. The Hall–Kier alpha value is -3.18. The highest BCUT2D eigenvalue weighted by Crippen LogP contribution is 2.42. The number of aryl methyl sites for hydroxylation is 1. The number of likely N-dealkylation sites (tertiary alicyclic amines) is 1. The van der Waals surface area contributed by atoms with Gasteiger partial charge in [0.15, 0.2) is 0 Å². The average molecular weight is 393 g/mol. The Bertz CT molecular complexity index is 971. The SMILES string of the molecule is Cn1nccc1C(=O)NCC[C@H]1CCOC12CN(C(=O)c1cccc(C#N)c1)C2. The summed E-state index contributed by atoms with van der Waals surface area (Å²) in [4.78, 5) is 26.7. The second-order valence-corrected chi connectivity index (χ2v) is 7.64. The fraction of sp³-hybridized carbons (Fsp3) is 0.429. The largest absolute Gasteiger partial charge is 0.371 e. The van der Waals surface area contributed by atoms with Crippen molar-refractivity contribution >= 4 is 11.8 Å². The van der Waals surface area contributed by atoms with Gasteiger partial charge < -0.3 is 15.0 Å². The Morgan fingerprint density at radius 1 is 1.38 bits per heavy atom. The number of hydrogen-bond acceptors (Lipinski definition) is 5. The monoisotopic (exact) mass is 393 g/mol. The molecule has 0 bridgehead atoms. The Labute approximate surface area is 169 Å². The molecule has 4 rings (SSSR count). The zero-order chi connectivity index (χ0) is 20.4. The molecule has 1 spiro atoms. The predicted octanol–water partition coefficient (Wildman–Crippen LogP) is 1.34. The van der Waals surface area contributed by atoms with Crippen molar-refractivity contribution in [2.45, 2.75) is 18.4 Å². The van der Waals surface area contributed by atoms with Crippen LogP contribution in [0.1, 0.15) is 39.3 Å². The van der Waals surface area contributed by atoms with Crippen LogP contribution in [0.3, 0.4) is 0 Å². The van der Waals surface area contributed by atoms with Crippen LogP contribution in [0.4, 0.5) is 0 Å². The van der Waals surface area contributed by atoms with E-state index in [1.165, 1.54) is 0 Å². The van der Waals surface area contributed by atoms with Crippen molar-refractivity contribution in [2.24, 2.45) is 13.0 Å². The second kappa shape index (κ2) is 7.68. The Morgan fingerprint density at radius 3 is 2.93 bits per heavy atom. The molecule has 1 aromatic carbocycles. The van der Waals surface area contributed by atoms with Gasteiger partial charge in [-0.3, -0.25) is 14.3 Å². The summed E-state index contributed by atoms with van der Waals surface area (Å²) < 4.78 is 7.57. The summed E-state index contributed by atoms with van der Waals surface area (Å²) in [5.74, 6) is 0.0797. The van der Waals surface area contributed by atoms with Crippen molar-refractivity contribution in [2.75, 3.05) is 26.2 Å². The fourth-order valence-corrected chi connectivity index (χ4v) is 4.24. The van der Waals surface area contributed by atoms with Crippen LogP contribution < -0.4 is 5.32 Å². The van der Waals surface area contributed by atoms with E-state index in [0.717, 1.165) is 12.8 Å². The van der Waals surface area contributed by atoms with Gasteiger partial charge in [0.05, 0.1) is 24.7 Å². The third-order valence-electron chi connectivity index (χ3n) is 5.87. The average Bonchev–Trinajstić information content (AvgIpc) is 3.32. The van der Waals surface area contributed by atoms with E-state index in [9.17, 15) is 9.59 Å². The van der Waals surface area contributed by atoms with Gasteiger partial charge in [0.25, 0.3) is 11.8 Å². The zero-order valence-corrected chi connectivity index (χ0v) is 16.3. The molecule has 0 aliphatic carbocycles. The summed E-state index contributed by atoms with van der Waals surface area (Å²) in [6.07, 6.45) is 3.32. The van der Waals surface area contributed by atoms with Crippen molar-refractivity contribution in [1.82, 2.24) is 20.0 Å². The van der Waals surface area contributed by atoms with Crippen molar-refractivity contribution < 1.29 is 14.3 Å². The molecule has 1 aromatic heterocycles. The number of hydrogen-bond donors (Lipinski definition) is 1. The van der Waals surface area contributed by atoms with E-state index in [-0.39, 0.29) is 17.4 Å². The van der Waals surface area contributed by atoms with Gasteiger partial charge in [0.2, 0.25) is 0 Å². The highest BCUT2D eigenvalue weighted by molar-refractivity contribution is 5.95. The van der Waals surface area contributed by atoms with Crippen LogP contribution in [-0.4, -0.2) is 58.3 Å². The van der Waals surface area contributed by atoms with Gasteiger partial charge in [-0.2, -0.15) is 10.4 Å². The first-order valence-electron chi connectivity index (χ1n) is 9.72. The fourth-order valence-electron chi connectivity index (χ4n) is 4.24. The third-order valence-corrected chi connectivity index (χ3v) is 5.87. The van der Waals surface area contributed by atoms with Crippen molar-refractivity contribution in [3.05, 3.63) is 53.3 Å². The zero-order valence-electron chi connectivity index (χ0n) is 16.3. The number of nitrogens with zero attached hydrogens (tertiary/aromatic N) is 4. The third kappa shape index (κ3) is 3.61. The van der Waals surface area contributed by atoms with E-state index < -0.39 is 0 Å². The van der Waals surface area contributed by atoms with Crippen LogP contribution in [0.5, 0.6) is 0 Å². The number of aromatic nitrogens is 2. The molecule has 2 amide bonds. The minimum absolute atomic E-state index is 0.0773. The summed E-state index contributed by atoms with van der Waals surface area (Å²) in [6, 6.07) is 10.5. The topological polar surface area (TPSA) is 100 Å². The number of rotatable bonds is 5. The normalized spacial score (nSPS) is 19.6. The minimum Gasteiger partial charge on any atom is -0.371 e. The molecule has 2 aromatic rings. The molecule has 3 heterocycles. The van der Waals surface area contributed by atoms with Crippen molar-refractivity contribution in [3.8, 4) is 6.07 Å². The molecule has 2 aliphatic rings. The maximum atomic E-state index is 12.7. The van der Waals surface area contributed by atoms with Crippen LogP contribution in [0.25, 0.3) is 0 Å². The Kier molecular flexibility index (Phi) is 5.07. The van der Waals surface area contributed by atoms with E-state index in [2.05, 4.69) is 16.5 Å². The summed E-state index contributed by atoms with van der Waals surface area (Å²) in [5, 5.41) is 16.0. The molecule has 2 saturated heterocycles. The quantitative estimate of drug-likeness (QED) is 0.826. The molecule has 150 valence electrons. The van der Waals surface area contributed by atoms with Crippen LogP contribution in [0.2, 0.25) is 0 Å². The summed E-state index contributed by atoms with van der Waals surface area (Å²) in [5.41, 5.74) is 1.21. The highest BCUT2D eigenvalue weighted by Gasteiger charge is 2.54. The molecule has 2 aliphatic heterocycles. The lowest BCUT2D eigenvalue weighted by Gasteiger charge is -2.50. The Morgan fingerprint density at radius 2 is 2.21 bits per heavy atom. The maximum Gasteiger partial charge on any atom is 0.269 e. The first-order chi connectivity index (χ1) is 14.0. The molecule has 8 heteroatoms. The number of carbonyl (C=O) groups excluding carboxylic acids is 2. The Balaban J connectivity index is 1.31. The second-order valence-electron chi connectivity index (χ2n) is 7.64. The molecule has 2 fully saturated rings. The molecule has 8 nitrogen and oxygen atoms in total. The highest BCUT2D eigenvalue weighted by atomic mass is 16.5. The van der Waals surface area contributed by atoms with Gasteiger partial charge in [0.1, 0.15) is 11.3 Å². The molecule has 0 radical (unpaired) electrons. The molecule has 1 N–H and O–H groups in total. The van der Waals surface area contributed by atoms with Gasteiger partial charge >= 0.3 is 0 Å². The lowest BCUT2D eigenvalue weighted by molar-refractivity contribution is -0.117. The number of carbonyl (C=O) groups is 2. The molecule has 0 unspecified atom stereocenters. The minimum atomic E-state index is -0.320. The first kappa shape index (κ1) is 19.2. The molecular weight excluding hydrogens is 370 g/mol. The molecule has 0 saturated carbocycles. The standard InChI is InChI=1S/C21H23N5O3/c1-25-18(6-9-24-25)19(27)23-8-5-17-7-10-29-21(17)13-26(14-21)20(28)16-4-2-3-15(11-16)12-22/h2-4,6,9,11,17H,5,7-8,10,13-14H2,1H3,(H,23,27)/t17-/m0/s1. The van der Waals surface area contributed by atoms with Crippen molar-refractivity contribution in [3.63, 3.8) is 0 Å². The van der Waals surface area contributed by atoms with Crippen molar-refractivity contribution in [1.29, 1.82) is 5.26 Å². The lowest BCUT2D eigenvalue weighted by Crippen LogP contribution is -2.66. The smallest absolute Gasteiger partial charge is 0.269 e. The molecule has 29 heavy (non-hydrogen) atoms. The number of amides is 2. The van der Waals surface area contributed by atoms with E-state index in [1.807, 2.05) is 0 Å². The number of ether oxygens (including phenoxy) is 1. The van der Waals surface area contributed by atoms with Gasteiger partial charge in [-0.1, -0.05) is 6.07 Å². The van der Waals surface area contributed by atoms with Crippen LogP contribution in [0.15, 0.2) is 36.5 Å². The van der Waals surface area contributed by atoms with Crippen LogP contribution in [0, 0.1) is 17.2 Å². The van der Waals surface area contributed by atoms with Gasteiger partial charge in [-0.05, 0) is 43.0 Å². The van der Waals surface area contributed by atoms with Gasteiger partial charge in [-0.25, -0.2) is 0 Å². The van der Waals surface area contributed by atoms with E-state index in [4.69, 9.17) is 10.00 Å². The molecular formula is C21H23N5O3. The van der Waals surface area contributed by atoms with Crippen LogP contribution in [-0.2, 0) is 11.8 Å². The first-order valence-corrected chi connectivity index (χ1v) is 9.72. The van der Waals surface area contributed by atoms with Gasteiger partial charge in [0, 0.05) is 32.0 Å². The summed E-state index contributed by atoms with van der Waals surface area (Å²) in [7, 11) is 1.74. The van der Waals surface area contributed by atoms with E-state index in [0.29, 0.717) is 49.0 Å². The van der Waals surface area contributed by atoms with Gasteiger partial charge in [-0.15, -0.1) is 0 Å². The summed E-state index contributed by atoms with van der Waals surface area (Å²) in [6.45, 7) is 2.32. The number of nitriles is 1. The van der Waals surface area contributed by atoms with Crippen LogP contribution >= 0.6 is 0 Å². The van der Waals surface area contributed by atoms with E-state index in [1.54, 1.807) is 53.2 Å².